The van der Waals surface area contributed by atoms with Crippen LogP contribution in [0.2, 0.25) is 0 Å². The highest BCUT2D eigenvalue weighted by Crippen LogP contribution is 2.22. The summed E-state index contributed by atoms with van der Waals surface area (Å²) >= 11 is 0. The molecule has 0 aromatic heterocycles. The van der Waals surface area contributed by atoms with Crippen molar-refractivity contribution < 1.29 is 9.59 Å². The zero-order valence-electron chi connectivity index (χ0n) is 16.1. The van der Waals surface area contributed by atoms with Crippen LogP contribution in [0.15, 0.2) is 34.3 Å². The molecule has 1 fully saturated rings. The molecule has 1 saturated heterocycles. The molecule has 6 nitrogen and oxygen atoms in total. The highest BCUT2D eigenvalue weighted by atomic mass is 16.2. The lowest BCUT2D eigenvalue weighted by atomic mass is 9.91. The second kappa shape index (κ2) is 7.66. The molecule has 2 amide bonds. The Balaban J connectivity index is 1.64. The Kier molecular flexibility index (Phi) is 5.51. The van der Waals surface area contributed by atoms with Crippen LogP contribution in [0.1, 0.15) is 27.2 Å². The first-order valence-corrected chi connectivity index (χ1v) is 9.39. The van der Waals surface area contributed by atoms with E-state index in [1.807, 2.05) is 48.1 Å². The van der Waals surface area contributed by atoms with E-state index in [1.54, 1.807) is 0 Å². The van der Waals surface area contributed by atoms with Crippen molar-refractivity contribution in [3.8, 4) is 0 Å². The van der Waals surface area contributed by atoms with Gasteiger partial charge in [0.15, 0.2) is 0 Å². The van der Waals surface area contributed by atoms with Crippen LogP contribution in [0.25, 0.3) is 0 Å². The van der Waals surface area contributed by atoms with Gasteiger partial charge < -0.3 is 4.90 Å². The number of carbonyl (C=O) groups excluding carboxylic acids is 2. The Hall–Kier alpha value is -2.08. The zero-order valence-corrected chi connectivity index (χ0v) is 16.1. The van der Waals surface area contributed by atoms with Gasteiger partial charge in [0.2, 0.25) is 5.91 Å². The Morgan fingerprint density at radius 2 is 1.96 bits per heavy atom. The summed E-state index contributed by atoms with van der Waals surface area (Å²) in [6.45, 7) is 8.34. The molecule has 4 atom stereocenters. The van der Waals surface area contributed by atoms with Gasteiger partial charge in [-0.05, 0) is 38.3 Å². The molecule has 0 N–H and O–H groups in total. The molecule has 140 valence electrons. The van der Waals surface area contributed by atoms with Gasteiger partial charge in [0.05, 0.1) is 18.3 Å². The average molecular weight is 356 g/mol. The lowest BCUT2D eigenvalue weighted by molar-refractivity contribution is -0.138. The number of amides is 2. The maximum Gasteiger partial charge on any atom is 0.260 e. The third-order valence-corrected chi connectivity index (χ3v) is 5.35. The smallest absolute Gasteiger partial charge is 0.260 e. The van der Waals surface area contributed by atoms with Crippen molar-refractivity contribution in [1.29, 1.82) is 0 Å². The van der Waals surface area contributed by atoms with Gasteiger partial charge in [-0.2, -0.15) is 4.99 Å². The average Bonchev–Trinajstić information content (AvgIpc) is 2.59. The maximum atomic E-state index is 12.9. The van der Waals surface area contributed by atoms with Crippen LogP contribution in [0.4, 0.5) is 0 Å². The van der Waals surface area contributed by atoms with Crippen molar-refractivity contribution in [2.75, 3.05) is 26.7 Å². The van der Waals surface area contributed by atoms with Gasteiger partial charge in [-0.15, -0.1) is 0 Å². The molecule has 26 heavy (non-hydrogen) atoms. The summed E-state index contributed by atoms with van der Waals surface area (Å²) < 4.78 is 0. The van der Waals surface area contributed by atoms with Crippen molar-refractivity contribution in [3.63, 3.8) is 0 Å². The van der Waals surface area contributed by atoms with Crippen molar-refractivity contribution in [1.82, 2.24) is 9.80 Å². The first kappa shape index (κ1) is 18.7. The molecule has 2 heterocycles. The predicted molar refractivity (Wildman–Crippen MR) is 103 cm³/mol. The number of fused-ring (bicyclic) bond motifs is 1. The summed E-state index contributed by atoms with van der Waals surface area (Å²) in [7, 11) is 1.88. The van der Waals surface area contributed by atoms with Gasteiger partial charge in [-0.25, -0.2) is 4.99 Å². The minimum absolute atomic E-state index is 0.139. The minimum Gasteiger partial charge on any atom is -0.341 e. The number of piperidine rings is 1. The van der Waals surface area contributed by atoms with E-state index < -0.39 is 0 Å². The van der Waals surface area contributed by atoms with E-state index in [4.69, 9.17) is 0 Å². The summed E-state index contributed by atoms with van der Waals surface area (Å²) in [6, 6.07) is -0.273. The number of amidine groups is 1. The van der Waals surface area contributed by atoms with Crippen LogP contribution < -0.4 is 0 Å². The SMILES string of the molecule is CC1CC(C)CN(C(=O)C(C)N(C)CC2=NC(=O)C3C=CC=CC3=N2)C1. The Bertz CT molecular complexity index is 697. The van der Waals surface area contributed by atoms with Crippen LogP contribution in [0.3, 0.4) is 0 Å². The van der Waals surface area contributed by atoms with E-state index in [1.165, 1.54) is 6.42 Å². The van der Waals surface area contributed by atoms with Gasteiger partial charge in [0.25, 0.3) is 5.91 Å². The van der Waals surface area contributed by atoms with E-state index in [0.717, 1.165) is 18.8 Å². The molecular weight excluding hydrogens is 328 g/mol. The lowest BCUT2D eigenvalue weighted by Gasteiger charge is -2.38. The molecule has 0 aromatic carbocycles. The van der Waals surface area contributed by atoms with E-state index in [9.17, 15) is 9.59 Å². The summed E-state index contributed by atoms with van der Waals surface area (Å²) in [5.74, 6) is 1.15. The molecule has 4 unspecified atom stereocenters. The number of hydrogen-bond donors (Lipinski definition) is 0. The van der Waals surface area contributed by atoms with Crippen molar-refractivity contribution in [2.24, 2.45) is 27.7 Å². The molecule has 0 saturated carbocycles. The number of likely N-dealkylation sites (N-methyl/N-ethyl adjacent to an activating group) is 1. The number of nitrogens with zero attached hydrogens (tertiary/aromatic N) is 4. The minimum atomic E-state index is -0.357. The van der Waals surface area contributed by atoms with Gasteiger partial charge in [-0.1, -0.05) is 32.1 Å². The van der Waals surface area contributed by atoms with E-state index in [2.05, 4.69) is 23.8 Å². The monoisotopic (exact) mass is 356 g/mol. The fourth-order valence-electron chi connectivity index (χ4n) is 3.94. The molecule has 0 spiro atoms. The summed E-state index contributed by atoms with van der Waals surface area (Å²) in [4.78, 5) is 37.6. The third-order valence-electron chi connectivity index (χ3n) is 5.35. The summed E-state index contributed by atoms with van der Waals surface area (Å²) in [5.41, 5.74) is 0.730. The van der Waals surface area contributed by atoms with Crippen molar-refractivity contribution in [2.45, 2.75) is 33.2 Å². The van der Waals surface area contributed by atoms with Crippen LogP contribution >= 0.6 is 0 Å². The fraction of sp³-hybridized carbons (Fsp3) is 0.600. The highest BCUT2D eigenvalue weighted by Gasteiger charge is 2.31. The molecule has 0 bridgehead atoms. The second-order valence-electron chi connectivity index (χ2n) is 7.90. The largest absolute Gasteiger partial charge is 0.341 e. The lowest BCUT2D eigenvalue weighted by Crippen LogP contribution is -2.51. The number of aliphatic imine (C=N–C) groups is 2. The quantitative estimate of drug-likeness (QED) is 0.773. The summed E-state index contributed by atoms with van der Waals surface area (Å²) in [6.07, 6.45) is 8.56. The third kappa shape index (κ3) is 4.01. The van der Waals surface area contributed by atoms with Gasteiger partial charge >= 0.3 is 0 Å². The van der Waals surface area contributed by atoms with E-state index >= 15 is 0 Å². The number of rotatable bonds is 4. The zero-order chi connectivity index (χ0) is 18.8. The molecule has 0 radical (unpaired) electrons. The van der Waals surface area contributed by atoms with E-state index in [0.29, 0.717) is 24.2 Å². The number of carbonyl (C=O) groups is 2. The fourth-order valence-corrected chi connectivity index (χ4v) is 3.94. The van der Waals surface area contributed by atoms with Crippen LogP contribution in [-0.4, -0.2) is 65.9 Å². The first-order chi connectivity index (χ1) is 12.3. The molecule has 2 aliphatic heterocycles. The van der Waals surface area contributed by atoms with Crippen LogP contribution in [0.5, 0.6) is 0 Å². The number of likely N-dealkylation sites (tertiary alicyclic amines) is 1. The number of allylic oxidation sites excluding steroid dienone is 3. The predicted octanol–water partition coefficient (Wildman–Crippen LogP) is 1.93. The Morgan fingerprint density at radius 1 is 1.27 bits per heavy atom. The van der Waals surface area contributed by atoms with Crippen LogP contribution in [-0.2, 0) is 9.59 Å². The first-order valence-electron chi connectivity index (χ1n) is 9.39. The van der Waals surface area contributed by atoms with Gasteiger partial charge in [-0.3, -0.25) is 14.5 Å². The number of hydrogen-bond acceptors (Lipinski definition) is 4. The van der Waals surface area contributed by atoms with Crippen molar-refractivity contribution in [3.05, 3.63) is 24.3 Å². The molecular formula is C20H28N4O2. The maximum absolute atomic E-state index is 12.9. The van der Waals surface area contributed by atoms with Crippen LogP contribution in [0, 0.1) is 17.8 Å². The highest BCUT2D eigenvalue weighted by molar-refractivity contribution is 6.21. The Labute approximate surface area is 155 Å². The molecule has 6 heteroatoms. The molecule has 3 aliphatic rings. The molecule has 0 aromatic rings. The van der Waals surface area contributed by atoms with E-state index in [-0.39, 0.29) is 23.8 Å². The Morgan fingerprint density at radius 3 is 2.65 bits per heavy atom. The van der Waals surface area contributed by atoms with Crippen molar-refractivity contribution >= 4 is 23.4 Å². The molecule has 3 rings (SSSR count). The second-order valence-corrected chi connectivity index (χ2v) is 7.90. The topological polar surface area (TPSA) is 65.3 Å². The molecule has 1 aliphatic carbocycles. The van der Waals surface area contributed by atoms with Gasteiger partial charge in [0.1, 0.15) is 11.8 Å². The summed E-state index contributed by atoms with van der Waals surface area (Å²) in [5, 5.41) is 0. The van der Waals surface area contributed by atoms with Gasteiger partial charge in [0, 0.05) is 13.1 Å². The normalized spacial score (nSPS) is 29.3. The standard InChI is InChI=1S/C20H28N4O2/c1-13-9-14(2)11-24(10-13)20(26)15(3)23(4)12-18-21-17-8-6-5-7-16(17)19(25)22-18/h5-8,13-16H,9-12H2,1-4H3.